The van der Waals surface area contributed by atoms with Crippen molar-refractivity contribution in [2.24, 2.45) is 7.05 Å². The lowest BCUT2D eigenvalue weighted by Crippen LogP contribution is -2.32. The van der Waals surface area contributed by atoms with E-state index >= 15 is 0 Å². The lowest BCUT2D eigenvalue weighted by Gasteiger charge is -2.21. The molecule has 1 amide bonds. The largest absolute Gasteiger partial charge is 0.481 e. The van der Waals surface area contributed by atoms with Gasteiger partial charge >= 0.3 is 5.97 Å². The highest BCUT2D eigenvalue weighted by molar-refractivity contribution is 5.93. The number of carbonyl (C=O) groups excluding carboxylic acids is 1. The van der Waals surface area contributed by atoms with Crippen LogP contribution >= 0.6 is 0 Å². The van der Waals surface area contributed by atoms with Crippen LogP contribution in [0, 0.1) is 11.6 Å². The Bertz CT molecular complexity index is 731. The van der Waals surface area contributed by atoms with Crippen LogP contribution < -0.4 is 0 Å². The summed E-state index contributed by atoms with van der Waals surface area (Å²) < 4.78 is 27.7. The molecular formula is C15H15F2N3O3. The molecule has 0 spiro atoms. The number of halogens is 2. The molecule has 0 aliphatic heterocycles. The molecule has 0 radical (unpaired) electrons. The van der Waals surface area contributed by atoms with Crippen LogP contribution in [0.2, 0.25) is 0 Å². The zero-order chi connectivity index (χ0) is 17.0. The number of hydrogen-bond acceptors (Lipinski definition) is 3. The molecule has 0 unspecified atom stereocenters. The van der Waals surface area contributed by atoms with Crippen LogP contribution in [-0.2, 0) is 18.4 Å². The first-order valence-corrected chi connectivity index (χ1v) is 6.80. The van der Waals surface area contributed by atoms with Gasteiger partial charge < -0.3 is 10.0 Å². The number of carboxylic acid groups (broad SMARTS) is 1. The highest BCUT2D eigenvalue weighted by Gasteiger charge is 2.19. The van der Waals surface area contributed by atoms with E-state index in [0.717, 1.165) is 12.1 Å². The van der Waals surface area contributed by atoms with E-state index < -0.39 is 23.5 Å². The predicted molar refractivity (Wildman–Crippen MR) is 76.6 cm³/mol. The SMILES string of the molecule is Cn1cc(C(=O)N(CCC(=O)O)Cc2ccc(F)c(F)c2)cn1. The van der Waals surface area contributed by atoms with Crippen LogP contribution in [0.25, 0.3) is 0 Å². The van der Waals surface area contributed by atoms with Gasteiger partial charge in [-0.15, -0.1) is 0 Å². The number of carbonyl (C=O) groups is 2. The number of aromatic nitrogens is 2. The Morgan fingerprint density at radius 1 is 1.30 bits per heavy atom. The van der Waals surface area contributed by atoms with E-state index in [-0.39, 0.29) is 19.5 Å². The molecule has 122 valence electrons. The summed E-state index contributed by atoms with van der Waals surface area (Å²) in [5, 5.41) is 12.7. The number of nitrogens with zero attached hydrogens (tertiary/aromatic N) is 3. The van der Waals surface area contributed by atoms with E-state index in [9.17, 15) is 18.4 Å². The summed E-state index contributed by atoms with van der Waals surface area (Å²) >= 11 is 0. The number of hydrogen-bond donors (Lipinski definition) is 1. The van der Waals surface area contributed by atoms with E-state index in [1.807, 2.05) is 0 Å². The van der Waals surface area contributed by atoms with Crippen molar-refractivity contribution >= 4 is 11.9 Å². The number of benzene rings is 1. The van der Waals surface area contributed by atoms with Crippen molar-refractivity contribution in [2.75, 3.05) is 6.54 Å². The highest BCUT2D eigenvalue weighted by Crippen LogP contribution is 2.14. The Hall–Kier alpha value is -2.77. The maximum atomic E-state index is 13.3. The van der Waals surface area contributed by atoms with E-state index in [0.29, 0.717) is 11.1 Å². The minimum atomic E-state index is -1.06. The van der Waals surface area contributed by atoms with E-state index in [1.165, 1.54) is 28.0 Å². The van der Waals surface area contributed by atoms with Gasteiger partial charge in [-0.05, 0) is 17.7 Å². The molecule has 0 aliphatic rings. The summed E-state index contributed by atoms with van der Waals surface area (Å²) in [5.74, 6) is -3.48. The molecule has 0 fully saturated rings. The van der Waals surface area contributed by atoms with Gasteiger partial charge in [-0.25, -0.2) is 8.78 Å². The van der Waals surface area contributed by atoms with E-state index in [2.05, 4.69) is 5.10 Å². The fourth-order valence-corrected chi connectivity index (χ4v) is 2.06. The predicted octanol–water partition coefficient (Wildman–Crippen LogP) is 1.82. The molecule has 1 N–H and O–H groups in total. The zero-order valence-corrected chi connectivity index (χ0v) is 12.4. The smallest absolute Gasteiger partial charge is 0.305 e. The molecule has 1 heterocycles. The topological polar surface area (TPSA) is 75.4 Å². The molecule has 2 rings (SSSR count). The number of aryl methyl sites for hydroxylation is 1. The van der Waals surface area contributed by atoms with Crippen molar-refractivity contribution in [1.82, 2.24) is 14.7 Å². The first kappa shape index (κ1) is 16.6. The van der Waals surface area contributed by atoms with Crippen molar-refractivity contribution in [3.8, 4) is 0 Å². The fourth-order valence-electron chi connectivity index (χ4n) is 2.06. The van der Waals surface area contributed by atoms with Crippen LogP contribution in [0.3, 0.4) is 0 Å². The monoisotopic (exact) mass is 323 g/mol. The third kappa shape index (κ3) is 4.35. The standard InChI is InChI=1S/C15H15F2N3O3/c1-19-9-11(7-18-19)15(23)20(5-4-14(21)22)8-10-2-3-12(16)13(17)6-10/h2-3,6-7,9H,4-5,8H2,1H3,(H,21,22). The van der Waals surface area contributed by atoms with Crippen molar-refractivity contribution in [3.63, 3.8) is 0 Å². The summed E-state index contributed by atoms with van der Waals surface area (Å²) in [4.78, 5) is 24.5. The van der Waals surface area contributed by atoms with Gasteiger partial charge in [-0.2, -0.15) is 5.10 Å². The minimum absolute atomic E-state index is 0.0296. The summed E-state index contributed by atoms with van der Waals surface area (Å²) in [6, 6.07) is 3.30. The second-order valence-electron chi connectivity index (χ2n) is 5.02. The van der Waals surface area contributed by atoms with Crippen LogP contribution in [0.1, 0.15) is 22.3 Å². The van der Waals surface area contributed by atoms with Gasteiger partial charge in [0.2, 0.25) is 0 Å². The molecule has 0 atom stereocenters. The van der Waals surface area contributed by atoms with Gasteiger partial charge in [0.05, 0.1) is 18.2 Å². The molecule has 1 aromatic carbocycles. The normalized spacial score (nSPS) is 10.6. The Morgan fingerprint density at radius 3 is 2.61 bits per heavy atom. The summed E-state index contributed by atoms with van der Waals surface area (Å²) in [5.41, 5.74) is 0.659. The van der Waals surface area contributed by atoms with Gasteiger partial charge in [-0.1, -0.05) is 6.07 Å². The maximum Gasteiger partial charge on any atom is 0.305 e. The molecule has 1 aromatic heterocycles. The van der Waals surface area contributed by atoms with Gasteiger partial charge in [0, 0.05) is 26.3 Å². The van der Waals surface area contributed by atoms with Crippen LogP contribution in [-0.4, -0.2) is 38.2 Å². The summed E-state index contributed by atoms with van der Waals surface area (Å²) in [6.07, 6.45) is 2.61. The van der Waals surface area contributed by atoms with E-state index in [1.54, 1.807) is 7.05 Å². The third-order valence-electron chi connectivity index (χ3n) is 3.19. The number of amides is 1. The number of rotatable bonds is 6. The quantitative estimate of drug-likeness (QED) is 0.880. The van der Waals surface area contributed by atoms with Crippen molar-refractivity contribution < 1.29 is 23.5 Å². The minimum Gasteiger partial charge on any atom is -0.481 e. The molecule has 8 heteroatoms. The van der Waals surface area contributed by atoms with Crippen molar-refractivity contribution in [2.45, 2.75) is 13.0 Å². The Kier molecular flexibility index (Phi) is 5.05. The number of aliphatic carboxylic acids is 1. The Morgan fingerprint density at radius 2 is 2.04 bits per heavy atom. The molecule has 0 saturated carbocycles. The van der Waals surface area contributed by atoms with Gasteiger partial charge in [-0.3, -0.25) is 14.3 Å². The van der Waals surface area contributed by atoms with Crippen molar-refractivity contribution in [3.05, 3.63) is 53.4 Å². The molecular weight excluding hydrogens is 308 g/mol. The second-order valence-corrected chi connectivity index (χ2v) is 5.02. The molecule has 2 aromatic rings. The average Bonchev–Trinajstić information content (AvgIpc) is 2.92. The van der Waals surface area contributed by atoms with Crippen LogP contribution in [0.4, 0.5) is 8.78 Å². The van der Waals surface area contributed by atoms with Crippen LogP contribution in [0.15, 0.2) is 30.6 Å². The molecule has 0 bridgehead atoms. The van der Waals surface area contributed by atoms with Gasteiger partial charge in [0.1, 0.15) is 0 Å². The zero-order valence-electron chi connectivity index (χ0n) is 12.4. The van der Waals surface area contributed by atoms with Crippen molar-refractivity contribution in [1.29, 1.82) is 0 Å². The lowest BCUT2D eigenvalue weighted by molar-refractivity contribution is -0.137. The molecule has 0 aliphatic carbocycles. The van der Waals surface area contributed by atoms with Gasteiger partial charge in [0.25, 0.3) is 5.91 Å². The van der Waals surface area contributed by atoms with Crippen LogP contribution in [0.5, 0.6) is 0 Å². The summed E-state index contributed by atoms with van der Waals surface area (Å²) in [6.45, 7) is -0.0831. The Labute approximate surface area is 130 Å². The van der Waals surface area contributed by atoms with Gasteiger partial charge in [0.15, 0.2) is 11.6 Å². The Balaban J connectivity index is 2.20. The molecule has 0 saturated heterocycles. The second kappa shape index (κ2) is 6.99. The fraction of sp³-hybridized carbons (Fsp3) is 0.267. The first-order valence-electron chi connectivity index (χ1n) is 6.80. The highest BCUT2D eigenvalue weighted by atomic mass is 19.2. The van der Waals surface area contributed by atoms with E-state index in [4.69, 9.17) is 5.11 Å². The lowest BCUT2D eigenvalue weighted by atomic mass is 10.1. The summed E-state index contributed by atoms with van der Waals surface area (Å²) in [7, 11) is 1.65. The molecule has 23 heavy (non-hydrogen) atoms. The maximum absolute atomic E-state index is 13.3. The third-order valence-corrected chi connectivity index (χ3v) is 3.19. The first-order chi connectivity index (χ1) is 10.9. The number of carboxylic acids is 1. The average molecular weight is 323 g/mol. The molecule has 6 nitrogen and oxygen atoms in total.